The minimum absolute atomic E-state index is 0.0550. The summed E-state index contributed by atoms with van der Waals surface area (Å²) in [7, 11) is 1.85. The number of nitrogens with one attached hydrogen (secondary N) is 1. The quantitative estimate of drug-likeness (QED) is 0.533. The molecule has 0 unspecified atom stereocenters. The number of aromatic nitrogens is 2. The van der Waals surface area contributed by atoms with Gasteiger partial charge in [0, 0.05) is 49.2 Å². The first-order valence-electron chi connectivity index (χ1n) is 13.4. The number of anilines is 1. The van der Waals surface area contributed by atoms with Gasteiger partial charge >= 0.3 is 0 Å². The van der Waals surface area contributed by atoms with E-state index in [2.05, 4.69) is 15.3 Å². The highest BCUT2D eigenvalue weighted by Gasteiger charge is 2.52. The Kier molecular flexibility index (Phi) is 5.92. The third kappa shape index (κ3) is 3.94. The maximum absolute atomic E-state index is 14.2. The predicted octanol–water partition coefficient (Wildman–Crippen LogP) is 4.22. The Morgan fingerprint density at radius 1 is 1.05 bits per heavy atom. The third-order valence-electron chi connectivity index (χ3n) is 8.98. The van der Waals surface area contributed by atoms with E-state index in [0.29, 0.717) is 30.8 Å². The van der Waals surface area contributed by atoms with Gasteiger partial charge in [-0.1, -0.05) is 18.2 Å². The van der Waals surface area contributed by atoms with Crippen LogP contribution in [0.25, 0.3) is 6.08 Å². The van der Waals surface area contributed by atoms with Gasteiger partial charge in [-0.15, -0.1) is 0 Å². The summed E-state index contributed by atoms with van der Waals surface area (Å²) in [5.41, 5.74) is 1.62. The first kappa shape index (κ1) is 26.3. The zero-order chi connectivity index (χ0) is 28.4. The van der Waals surface area contributed by atoms with Crippen molar-refractivity contribution in [1.82, 2.24) is 19.8 Å². The number of nitrogens with zero attached hydrogens (tertiary/aromatic N) is 4. The van der Waals surface area contributed by atoms with Crippen LogP contribution < -0.4 is 5.32 Å². The molecular formula is C31H31F2N5O2. The lowest BCUT2D eigenvalue weighted by atomic mass is 9.80. The van der Waals surface area contributed by atoms with E-state index >= 15 is 0 Å². The molecule has 3 aromatic rings. The molecule has 206 valence electrons. The lowest BCUT2D eigenvalue weighted by Crippen LogP contribution is -2.69. The molecule has 4 heterocycles. The van der Waals surface area contributed by atoms with Crippen LogP contribution in [0, 0.1) is 11.6 Å². The van der Waals surface area contributed by atoms with Crippen LogP contribution in [-0.2, 0) is 33.4 Å². The van der Waals surface area contributed by atoms with Gasteiger partial charge in [-0.3, -0.25) is 19.5 Å². The Morgan fingerprint density at radius 2 is 1.80 bits per heavy atom. The monoisotopic (exact) mass is 543 g/mol. The molecule has 2 atom stereocenters. The van der Waals surface area contributed by atoms with Crippen LogP contribution in [0.4, 0.5) is 14.6 Å². The molecule has 2 aromatic heterocycles. The number of likely N-dealkylation sites (N-methyl/N-ethyl adjacent to an activating group) is 1. The fourth-order valence-electron chi connectivity index (χ4n) is 6.38. The zero-order valence-electron chi connectivity index (χ0n) is 23.0. The molecule has 1 spiro atoms. The Balaban J connectivity index is 1.27. The van der Waals surface area contributed by atoms with Gasteiger partial charge in [0.05, 0.1) is 16.5 Å². The van der Waals surface area contributed by atoms with Crippen LogP contribution in [0.3, 0.4) is 0 Å². The van der Waals surface area contributed by atoms with E-state index in [9.17, 15) is 18.4 Å². The molecule has 2 amide bonds. The van der Waals surface area contributed by atoms with Crippen molar-refractivity contribution < 1.29 is 18.4 Å². The van der Waals surface area contributed by atoms with Crippen LogP contribution in [0.5, 0.6) is 0 Å². The van der Waals surface area contributed by atoms with E-state index < -0.39 is 28.1 Å². The fraction of sp³-hybridized carbons (Fsp3) is 0.355. The molecule has 1 aliphatic carbocycles. The molecule has 0 bridgehead atoms. The summed E-state index contributed by atoms with van der Waals surface area (Å²) in [6, 6.07) is 9.26. The lowest BCUT2D eigenvalue weighted by Gasteiger charge is -2.54. The first-order valence-corrected chi connectivity index (χ1v) is 13.4. The van der Waals surface area contributed by atoms with Gasteiger partial charge < -0.3 is 10.2 Å². The van der Waals surface area contributed by atoms with Gasteiger partial charge in [-0.05, 0) is 75.2 Å². The topological polar surface area (TPSA) is 78.4 Å². The van der Waals surface area contributed by atoms with Crippen molar-refractivity contribution in [2.75, 3.05) is 25.5 Å². The minimum Gasteiger partial charge on any atom is -0.327 e. The molecular weight excluding hydrogens is 512 g/mol. The second-order valence-corrected chi connectivity index (χ2v) is 11.8. The molecule has 2 aliphatic heterocycles. The van der Waals surface area contributed by atoms with Crippen LogP contribution >= 0.6 is 0 Å². The van der Waals surface area contributed by atoms with Crippen molar-refractivity contribution in [3.63, 3.8) is 0 Å². The van der Waals surface area contributed by atoms with Crippen LogP contribution in [0.1, 0.15) is 48.7 Å². The van der Waals surface area contributed by atoms with Crippen LogP contribution in [0.15, 0.2) is 54.9 Å². The summed E-state index contributed by atoms with van der Waals surface area (Å²) < 4.78 is 28.4. The number of rotatable bonds is 4. The number of fused-ring (bicyclic) bond motifs is 3. The number of hydrogen-bond donors (Lipinski definition) is 1. The SMILES string of the molecule is CN1C[C@@](C)(c2cc(F)cc(F)c2)N(CC=Cc2cnc3c(c2)C[C@@]2(C3)C(=O)Nc3ncccc32)C(=O)C1(C)C. The fourth-order valence-corrected chi connectivity index (χ4v) is 6.38. The molecule has 3 aliphatic rings. The third-order valence-corrected chi connectivity index (χ3v) is 8.98. The maximum Gasteiger partial charge on any atom is 0.243 e. The van der Waals surface area contributed by atoms with E-state index in [4.69, 9.17) is 0 Å². The molecule has 1 N–H and O–H groups in total. The molecule has 1 fully saturated rings. The van der Waals surface area contributed by atoms with Crippen molar-refractivity contribution in [3.05, 3.63) is 94.5 Å². The predicted molar refractivity (Wildman–Crippen MR) is 147 cm³/mol. The minimum atomic E-state index is -0.950. The van der Waals surface area contributed by atoms with Crippen molar-refractivity contribution in [2.24, 2.45) is 0 Å². The van der Waals surface area contributed by atoms with E-state index in [1.807, 2.05) is 63.1 Å². The molecule has 7 nitrogen and oxygen atoms in total. The average molecular weight is 544 g/mol. The Bertz CT molecular complexity index is 1570. The van der Waals surface area contributed by atoms with Crippen LogP contribution in [-0.4, -0.2) is 57.3 Å². The van der Waals surface area contributed by atoms with Gasteiger partial charge in [0.2, 0.25) is 11.8 Å². The van der Waals surface area contributed by atoms with Gasteiger partial charge in [0.1, 0.15) is 17.5 Å². The Labute approximate surface area is 231 Å². The number of halogens is 2. The Morgan fingerprint density at radius 3 is 2.55 bits per heavy atom. The van der Waals surface area contributed by atoms with E-state index in [0.717, 1.165) is 28.5 Å². The maximum atomic E-state index is 14.2. The summed E-state index contributed by atoms with van der Waals surface area (Å²) in [6.45, 7) is 6.20. The molecule has 40 heavy (non-hydrogen) atoms. The van der Waals surface area contributed by atoms with Gasteiger partial charge in [-0.25, -0.2) is 13.8 Å². The van der Waals surface area contributed by atoms with Crippen molar-refractivity contribution in [3.8, 4) is 0 Å². The number of pyridine rings is 2. The summed E-state index contributed by atoms with van der Waals surface area (Å²) in [5.74, 6) is -0.931. The van der Waals surface area contributed by atoms with Crippen molar-refractivity contribution in [2.45, 2.75) is 50.1 Å². The average Bonchev–Trinajstić information content (AvgIpc) is 3.41. The van der Waals surface area contributed by atoms with Gasteiger partial charge in [0.25, 0.3) is 0 Å². The summed E-state index contributed by atoms with van der Waals surface area (Å²) in [6.07, 6.45) is 8.27. The van der Waals surface area contributed by atoms with Crippen LogP contribution in [0.2, 0.25) is 0 Å². The number of carbonyl (C=O) groups is 2. The smallest absolute Gasteiger partial charge is 0.243 e. The molecule has 1 aromatic carbocycles. The number of carbonyl (C=O) groups excluding carboxylic acids is 2. The molecule has 0 saturated carbocycles. The van der Waals surface area contributed by atoms with E-state index in [1.165, 1.54) is 12.1 Å². The Hall–Kier alpha value is -3.98. The van der Waals surface area contributed by atoms with E-state index in [-0.39, 0.29) is 18.4 Å². The van der Waals surface area contributed by atoms with E-state index in [1.54, 1.807) is 17.3 Å². The summed E-state index contributed by atoms with van der Waals surface area (Å²) in [4.78, 5) is 39.3. The molecule has 1 saturated heterocycles. The number of benzene rings is 1. The number of amides is 2. The molecule has 9 heteroatoms. The zero-order valence-corrected chi connectivity index (χ0v) is 23.0. The van der Waals surface area contributed by atoms with Crippen molar-refractivity contribution >= 4 is 23.7 Å². The standard InChI is InChI=1S/C31H31F2N5O2/c1-29(2)28(40)38(30(3,18-37(29)4)21-12-22(32)14-23(33)13-21)10-6-7-19-11-20-15-31(16-25(20)35-17-19)24-8-5-9-34-26(24)36-27(31)39/h5-9,11-14,17H,10,15-16,18H2,1-4H3,(H,34,36,39)/t30-,31-/m0/s1. The van der Waals surface area contributed by atoms with Gasteiger partial charge in [0.15, 0.2) is 0 Å². The summed E-state index contributed by atoms with van der Waals surface area (Å²) in [5, 5.41) is 2.91. The highest BCUT2D eigenvalue weighted by atomic mass is 19.1. The second-order valence-electron chi connectivity index (χ2n) is 11.8. The normalized spacial score (nSPS) is 25.5. The largest absolute Gasteiger partial charge is 0.327 e. The molecule has 0 radical (unpaired) electrons. The highest BCUT2D eigenvalue weighted by molar-refractivity contribution is 6.06. The first-order chi connectivity index (χ1) is 18.9. The molecule has 6 rings (SSSR count). The second kappa shape index (κ2) is 9.02. The van der Waals surface area contributed by atoms with Crippen molar-refractivity contribution in [1.29, 1.82) is 0 Å². The highest BCUT2D eigenvalue weighted by Crippen LogP contribution is 2.46. The van der Waals surface area contributed by atoms with Gasteiger partial charge in [-0.2, -0.15) is 0 Å². The number of hydrogen-bond acceptors (Lipinski definition) is 5. The number of piperazine rings is 1. The lowest BCUT2D eigenvalue weighted by molar-refractivity contribution is -0.159. The summed E-state index contributed by atoms with van der Waals surface area (Å²) >= 11 is 0.